The van der Waals surface area contributed by atoms with Crippen molar-refractivity contribution in [2.75, 3.05) is 24.4 Å². The number of halogens is 1. The zero-order valence-electron chi connectivity index (χ0n) is 14.0. The third-order valence-corrected chi connectivity index (χ3v) is 3.47. The molecule has 0 saturated carbocycles. The van der Waals surface area contributed by atoms with E-state index in [0.29, 0.717) is 27.9 Å². The molecule has 0 aliphatic carbocycles. The number of ether oxygens (including phenoxy) is 2. The number of nitrogens with one attached hydrogen (secondary N) is 2. The van der Waals surface area contributed by atoms with E-state index in [1.807, 2.05) is 0 Å². The molecule has 0 fully saturated rings. The Labute approximate surface area is 151 Å². The van der Waals surface area contributed by atoms with Gasteiger partial charge in [0.25, 0.3) is 0 Å². The Morgan fingerprint density at radius 2 is 1.68 bits per heavy atom. The van der Waals surface area contributed by atoms with Crippen molar-refractivity contribution in [3.63, 3.8) is 0 Å². The molecule has 0 radical (unpaired) electrons. The van der Waals surface area contributed by atoms with Gasteiger partial charge in [0.2, 0.25) is 11.8 Å². The molecule has 132 valence electrons. The highest BCUT2D eigenvalue weighted by atomic mass is 35.5. The first-order chi connectivity index (χ1) is 12.0. The number of rotatable bonds is 7. The van der Waals surface area contributed by atoms with Crippen LogP contribution in [-0.2, 0) is 9.59 Å². The third-order valence-electron chi connectivity index (χ3n) is 3.22. The maximum atomic E-state index is 12.1. The number of carbonyl (C=O) groups excluding carboxylic acids is 2. The molecular weight excluding hydrogens is 344 g/mol. The van der Waals surface area contributed by atoms with Crippen LogP contribution in [0.4, 0.5) is 11.4 Å². The second kappa shape index (κ2) is 8.94. The van der Waals surface area contributed by atoms with Crippen molar-refractivity contribution in [2.45, 2.75) is 13.3 Å². The fraction of sp³-hybridized carbons (Fsp3) is 0.222. The van der Waals surface area contributed by atoms with Gasteiger partial charge in [-0.05, 0) is 36.4 Å². The summed E-state index contributed by atoms with van der Waals surface area (Å²) >= 11 is 5.80. The lowest BCUT2D eigenvalue weighted by Gasteiger charge is -2.13. The van der Waals surface area contributed by atoms with E-state index in [1.54, 1.807) is 42.5 Å². The highest BCUT2D eigenvalue weighted by Gasteiger charge is 2.10. The first-order valence-electron chi connectivity index (χ1n) is 7.62. The molecule has 0 saturated heterocycles. The second-order valence-electron chi connectivity index (χ2n) is 5.19. The van der Waals surface area contributed by atoms with Crippen molar-refractivity contribution < 1.29 is 19.1 Å². The van der Waals surface area contributed by atoms with Crippen molar-refractivity contribution in [1.82, 2.24) is 0 Å². The van der Waals surface area contributed by atoms with E-state index in [2.05, 4.69) is 10.6 Å². The minimum atomic E-state index is -0.242. The van der Waals surface area contributed by atoms with Gasteiger partial charge in [-0.1, -0.05) is 11.6 Å². The zero-order chi connectivity index (χ0) is 18.2. The Bertz CT molecular complexity index is 747. The molecule has 25 heavy (non-hydrogen) atoms. The van der Waals surface area contributed by atoms with E-state index in [4.69, 9.17) is 21.1 Å². The molecule has 2 rings (SSSR count). The van der Waals surface area contributed by atoms with Gasteiger partial charge >= 0.3 is 0 Å². The Balaban J connectivity index is 1.94. The summed E-state index contributed by atoms with van der Waals surface area (Å²) in [6.45, 7) is 1.61. The van der Waals surface area contributed by atoms with Crippen LogP contribution in [0.2, 0.25) is 5.02 Å². The highest BCUT2D eigenvalue weighted by Crippen LogP contribution is 2.27. The monoisotopic (exact) mass is 362 g/mol. The average molecular weight is 363 g/mol. The van der Waals surface area contributed by atoms with Gasteiger partial charge in [-0.25, -0.2) is 0 Å². The first-order valence-corrected chi connectivity index (χ1v) is 7.99. The van der Waals surface area contributed by atoms with Gasteiger partial charge in [0.05, 0.1) is 31.5 Å². The molecule has 2 aromatic carbocycles. The number of hydrogen-bond donors (Lipinski definition) is 2. The lowest BCUT2D eigenvalue weighted by Crippen LogP contribution is -2.17. The van der Waals surface area contributed by atoms with Gasteiger partial charge < -0.3 is 20.1 Å². The maximum absolute atomic E-state index is 12.1. The van der Waals surface area contributed by atoms with Crippen LogP contribution in [0.5, 0.6) is 11.5 Å². The molecule has 6 nitrogen and oxygen atoms in total. The summed E-state index contributed by atoms with van der Waals surface area (Å²) in [4.78, 5) is 23.4. The first kappa shape index (κ1) is 18.6. The molecule has 2 amide bonds. The summed E-state index contributed by atoms with van der Waals surface area (Å²) < 4.78 is 10.6. The Morgan fingerprint density at radius 1 is 1.00 bits per heavy atom. The third kappa shape index (κ3) is 6.00. The highest BCUT2D eigenvalue weighted by molar-refractivity contribution is 6.30. The predicted molar refractivity (Wildman–Crippen MR) is 97.5 cm³/mol. The smallest absolute Gasteiger partial charge is 0.227 e. The van der Waals surface area contributed by atoms with E-state index < -0.39 is 0 Å². The fourth-order valence-corrected chi connectivity index (χ4v) is 2.18. The summed E-state index contributed by atoms with van der Waals surface area (Å²) in [5.74, 6) is 0.736. The number of anilines is 2. The Hall–Kier alpha value is -2.73. The van der Waals surface area contributed by atoms with E-state index >= 15 is 0 Å². The Morgan fingerprint density at radius 3 is 2.32 bits per heavy atom. The largest absolute Gasteiger partial charge is 0.497 e. The molecule has 2 aromatic rings. The van der Waals surface area contributed by atoms with Crippen LogP contribution < -0.4 is 20.1 Å². The molecule has 0 spiro atoms. The van der Waals surface area contributed by atoms with Crippen LogP contribution in [-0.4, -0.2) is 25.5 Å². The quantitative estimate of drug-likeness (QED) is 0.787. The average Bonchev–Trinajstić information content (AvgIpc) is 2.58. The lowest BCUT2D eigenvalue weighted by atomic mass is 10.2. The molecule has 2 N–H and O–H groups in total. The van der Waals surface area contributed by atoms with E-state index in [1.165, 1.54) is 14.0 Å². The summed E-state index contributed by atoms with van der Waals surface area (Å²) in [6, 6.07) is 11.9. The summed E-state index contributed by atoms with van der Waals surface area (Å²) in [5, 5.41) is 6.03. The standard InChI is InChI=1S/C18H19ClN2O4/c1-12(22)20-16-8-7-15(24-2)11-17(16)21-18(23)9-10-25-14-5-3-13(19)4-6-14/h3-8,11H,9-10H2,1-2H3,(H,20,22)(H,21,23). The van der Waals surface area contributed by atoms with Gasteiger partial charge in [-0.3, -0.25) is 9.59 Å². The Kier molecular flexibility index (Phi) is 6.65. The minimum absolute atomic E-state index is 0.152. The summed E-state index contributed by atoms with van der Waals surface area (Å²) in [7, 11) is 1.53. The van der Waals surface area contributed by atoms with Gasteiger partial charge in [-0.2, -0.15) is 0 Å². The fourth-order valence-electron chi connectivity index (χ4n) is 2.06. The molecule has 0 atom stereocenters. The van der Waals surface area contributed by atoms with Crippen molar-refractivity contribution in [3.05, 3.63) is 47.5 Å². The van der Waals surface area contributed by atoms with Gasteiger partial charge in [0, 0.05) is 18.0 Å². The predicted octanol–water partition coefficient (Wildman–Crippen LogP) is 3.71. The van der Waals surface area contributed by atoms with Gasteiger partial charge in [-0.15, -0.1) is 0 Å². The topological polar surface area (TPSA) is 76.7 Å². The molecule has 7 heteroatoms. The van der Waals surface area contributed by atoms with Crippen LogP contribution in [0.25, 0.3) is 0 Å². The molecular formula is C18H19ClN2O4. The number of amides is 2. The molecule has 0 bridgehead atoms. The van der Waals surface area contributed by atoms with Crippen LogP contribution in [0.1, 0.15) is 13.3 Å². The normalized spacial score (nSPS) is 10.0. The SMILES string of the molecule is COc1ccc(NC(C)=O)c(NC(=O)CCOc2ccc(Cl)cc2)c1. The molecule has 0 aliphatic rings. The summed E-state index contributed by atoms with van der Waals surface area (Å²) in [5.41, 5.74) is 0.964. The second-order valence-corrected chi connectivity index (χ2v) is 5.63. The molecule has 0 unspecified atom stereocenters. The van der Waals surface area contributed by atoms with E-state index in [9.17, 15) is 9.59 Å². The maximum Gasteiger partial charge on any atom is 0.227 e. The van der Waals surface area contributed by atoms with E-state index in [0.717, 1.165) is 0 Å². The van der Waals surface area contributed by atoms with Crippen molar-refractivity contribution in [3.8, 4) is 11.5 Å². The molecule has 0 heterocycles. The number of hydrogen-bond acceptors (Lipinski definition) is 4. The zero-order valence-corrected chi connectivity index (χ0v) is 14.7. The van der Waals surface area contributed by atoms with Crippen molar-refractivity contribution >= 4 is 34.8 Å². The number of carbonyl (C=O) groups is 2. The minimum Gasteiger partial charge on any atom is -0.497 e. The van der Waals surface area contributed by atoms with Gasteiger partial charge in [0.1, 0.15) is 11.5 Å². The molecule has 0 aromatic heterocycles. The lowest BCUT2D eigenvalue weighted by molar-refractivity contribution is -0.117. The van der Waals surface area contributed by atoms with Crippen molar-refractivity contribution in [2.24, 2.45) is 0 Å². The summed E-state index contributed by atoms with van der Waals surface area (Å²) in [6.07, 6.45) is 0.152. The van der Waals surface area contributed by atoms with Crippen LogP contribution in [0.3, 0.4) is 0 Å². The van der Waals surface area contributed by atoms with Crippen LogP contribution >= 0.6 is 11.6 Å². The van der Waals surface area contributed by atoms with E-state index in [-0.39, 0.29) is 24.8 Å². The van der Waals surface area contributed by atoms with Crippen LogP contribution in [0.15, 0.2) is 42.5 Å². The van der Waals surface area contributed by atoms with Crippen molar-refractivity contribution in [1.29, 1.82) is 0 Å². The number of methoxy groups -OCH3 is 1. The van der Waals surface area contributed by atoms with Crippen LogP contribution in [0, 0.1) is 0 Å². The number of benzene rings is 2. The van der Waals surface area contributed by atoms with Gasteiger partial charge in [0.15, 0.2) is 0 Å². The molecule has 0 aliphatic heterocycles.